The Morgan fingerprint density at radius 1 is 1.00 bits per heavy atom. The van der Waals surface area contributed by atoms with Crippen molar-refractivity contribution in [2.24, 2.45) is 4.99 Å². The molecule has 80 valence electrons. The smallest absolute Gasteiger partial charge is 0.0807 e. The van der Waals surface area contributed by atoms with Gasteiger partial charge in [0, 0.05) is 19.0 Å². The summed E-state index contributed by atoms with van der Waals surface area (Å²) < 4.78 is 0. The Kier molecular flexibility index (Phi) is 3.83. The maximum Gasteiger partial charge on any atom is 0.0807 e. The lowest BCUT2D eigenvalue weighted by molar-refractivity contribution is 0.972. The van der Waals surface area contributed by atoms with E-state index in [1.54, 1.807) is 6.20 Å². The van der Waals surface area contributed by atoms with Gasteiger partial charge in [-0.1, -0.05) is 36.4 Å². The number of hydrogen-bond acceptors (Lipinski definition) is 2. The van der Waals surface area contributed by atoms with Gasteiger partial charge in [0.15, 0.2) is 0 Å². The van der Waals surface area contributed by atoms with Crippen LogP contribution in [0.15, 0.2) is 59.7 Å². The van der Waals surface area contributed by atoms with Gasteiger partial charge in [0.2, 0.25) is 0 Å². The molecular formula is C14H14N2. The molecule has 0 amide bonds. The van der Waals surface area contributed by atoms with Gasteiger partial charge in [0.1, 0.15) is 0 Å². The predicted molar refractivity (Wildman–Crippen MR) is 66.8 cm³/mol. The number of hydrogen-bond donors (Lipinski definition) is 0. The van der Waals surface area contributed by atoms with E-state index in [1.165, 1.54) is 5.56 Å². The van der Waals surface area contributed by atoms with Gasteiger partial charge in [-0.15, -0.1) is 0 Å². The van der Waals surface area contributed by atoms with Crippen LogP contribution in [0.25, 0.3) is 0 Å². The van der Waals surface area contributed by atoms with Crippen LogP contribution in [-0.4, -0.2) is 17.7 Å². The summed E-state index contributed by atoms with van der Waals surface area (Å²) in [5.74, 6) is 0. The molecule has 1 aromatic carbocycles. The molecule has 0 bridgehead atoms. The Morgan fingerprint density at radius 3 is 2.56 bits per heavy atom. The van der Waals surface area contributed by atoms with Crippen molar-refractivity contribution >= 4 is 6.21 Å². The average Bonchev–Trinajstić information content (AvgIpc) is 2.37. The van der Waals surface area contributed by atoms with Crippen molar-refractivity contribution in [3.05, 3.63) is 66.0 Å². The molecule has 1 heterocycles. The van der Waals surface area contributed by atoms with Gasteiger partial charge in [0.25, 0.3) is 0 Å². The molecule has 0 radical (unpaired) electrons. The molecule has 0 saturated heterocycles. The molecule has 0 unspecified atom stereocenters. The molecule has 2 aromatic rings. The summed E-state index contributed by atoms with van der Waals surface area (Å²) in [4.78, 5) is 8.52. The van der Waals surface area contributed by atoms with Crippen molar-refractivity contribution in [2.45, 2.75) is 6.42 Å². The van der Waals surface area contributed by atoms with E-state index in [0.717, 1.165) is 18.7 Å². The number of nitrogens with zero attached hydrogens (tertiary/aromatic N) is 2. The molecule has 2 rings (SSSR count). The van der Waals surface area contributed by atoms with Crippen LogP contribution in [0.3, 0.4) is 0 Å². The minimum Gasteiger partial charge on any atom is -0.291 e. The first-order valence-electron chi connectivity index (χ1n) is 5.40. The van der Waals surface area contributed by atoms with E-state index in [-0.39, 0.29) is 0 Å². The third kappa shape index (κ3) is 3.31. The first kappa shape index (κ1) is 10.6. The second-order valence-electron chi connectivity index (χ2n) is 3.53. The Bertz CT molecular complexity index is 435. The molecule has 0 aliphatic rings. The first-order valence-corrected chi connectivity index (χ1v) is 5.40. The molecule has 2 nitrogen and oxygen atoms in total. The minimum atomic E-state index is 0.806. The number of rotatable bonds is 4. The van der Waals surface area contributed by atoms with Gasteiger partial charge in [-0.2, -0.15) is 0 Å². The maximum atomic E-state index is 4.35. The van der Waals surface area contributed by atoms with Gasteiger partial charge in [-0.25, -0.2) is 0 Å². The van der Waals surface area contributed by atoms with Crippen molar-refractivity contribution < 1.29 is 0 Å². The van der Waals surface area contributed by atoms with Gasteiger partial charge in [-0.05, 0) is 24.1 Å². The van der Waals surface area contributed by atoms with Crippen molar-refractivity contribution in [1.82, 2.24) is 4.98 Å². The zero-order chi connectivity index (χ0) is 11.1. The van der Waals surface area contributed by atoms with Crippen LogP contribution >= 0.6 is 0 Å². The standard InChI is InChI=1S/C14H14N2/c1-2-6-13(7-3-1)9-11-15-12-14-8-4-5-10-16-14/h1-8,10,12H,9,11H2. The molecule has 0 aliphatic heterocycles. The van der Waals surface area contributed by atoms with Crippen LogP contribution in [-0.2, 0) is 6.42 Å². The highest BCUT2D eigenvalue weighted by Crippen LogP contribution is 1.99. The minimum absolute atomic E-state index is 0.806. The highest BCUT2D eigenvalue weighted by Gasteiger charge is 1.89. The molecule has 2 heteroatoms. The summed E-state index contributed by atoms with van der Waals surface area (Å²) in [6.07, 6.45) is 4.58. The van der Waals surface area contributed by atoms with E-state index in [2.05, 4.69) is 34.2 Å². The summed E-state index contributed by atoms with van der Waals surface area (Å²) >= 11 is 0. The Morgan fingerprint density at radius 2 is 1.81 bits per heavy atom. The van der Waals surface area contributed by atoms with Crippen LogP contribution in [0.4, 0.5) is 0 Å². The molecule has 1 aromatic heterocycles. The van der Waals surface area contributed by atoms with E-state index in [1.807, 2.05) is 30.5 Å². The third-order valence-corrected chi connectivity index (χ3v) is 2.28. The van der Waals surface area contributed by atoms with Crippen LogP contribution in [0.2, 0.25) is 0 Å². The number of aliphatic imine (C=N–C) groups is 1. The van der Waals surface area contributed by atoms with Crippen molar-refractivity contribution in [1.29, 1.82) is 0 Å². The molecule has 0 N–H and O–H groups in total. The Labute approximate surface area is 95.7 Å². The lowest BCUT2D eigenvalue weighted by Crippen LogP contribution is -1.91. The number of pyridine rings is 1. The van der Waals surface area contributed by atoms with Crippen molar-refractivity contribution in [2.75, 3.05) is 6.54 Å². The van der Waals surface area contributed by atoms with Crippen LogP contribution in [0, 0.1) is 0 Å². The fourth-order valence-electron chi connectivity index (χ4n) is 1.45. The lowest BCUT2D eigenvalue weighted by Gasteiger charge is -1.96. The summed E-state index contributed by atoms with van der Waals surface area (Å²) in [6.45, 7) is 0.806. The normalized spacial score (nSPS) is 10.8. The summed E-state index contributed by atoms with van der Waals surface area (Å²) in [5.41, 5.74) is 2.23. The molecule has 0 spiro atoms. The monoisotopic (exact) mass is 210 g/mol. The van der Waals surface area contributed by atoms with Gasteiger partial charge < -0.3 is 0 Å². The molecule has 0 atom stereocenters. The van der Waals surface area contributed by atoms with E-state index < -0.39 is 0 Å². The van der Waals surface area contributed by atoms with Gasteiger partial charge in [-0.3, -0.25) is 9.98 Å². The molecular weight excluding hydrogens is 196 g/mol. The quantitative estimate of drug-likeness (QED) is 0.712. The second-order valence-corrected chi connectivity index (χ2v) is 3.53. The molecule has 0 fully saturated rings. The SMILES string of the molecule is C(=NCCc1ccccc1)c1ccccn1. The first-order chi connectivity index (χ1) is 7.95. The second kappa shape index (κ2) is 5.81. The van der Waals surface area contributed by atoms with Crippen LogP contribution in [0.5, 0.6) is 0 Å². The van der Waals surface area contributed by atoms with Gasteiger partial charge in [0.05, 0.1) is 5.69 Å². The molecule has 0 aliphatic carbocycles. The molecule has 16 heavy (non-hydrogen) atoms. The summed E-state index contributed by atoms with van der Waals surface area (Å²) in [6, 6.07) is 16.2. The lowest BCUT2D eigenvalue weighted by atomic mass is 10.2. The van der Waals surface area contributed by atoms with Crippen LogP contribution < -0.4 is 0 Å². The maximum absolute atomic E-state index is 4.35. The zero-order valence-corrected chi connectivity index (χ0v) is 9.08. The fourth-order valence-corrected chi connectivity index (χ4v) is 1.45. The summed E-state index contributed by atoms with van der Waals surface area (Å²) in [5, 5.41) is 0. The van der Waals surface area contributed by atoms with Crippen molar-refractivity contribution in [3.63, 3.8) is 0 Å². The third-order valence-electron chi connectivity index (χ3n) is 2.28. The Balaban J connectivity index is 1.83. The average molecular weight is 210 g/mol. The van der Waals surface area contributed by atoms with E-state index in [0.29, 0.717) is 0 Å². The topological polar surface area (TPSA) is 25.2 Å². The Hall–Kier alpha value is -1.96. The number of aromatic nitrogens is 1. The van der Waals surface area contributed by atoms with E-state index in [4.69, 9.17) is 0 Å². The van der Waals surface area contributed by atoms with Crippen molar-refractivity contribution in [3.8, 4) is 0 Å². The largest absolute Gasteiger partial charge is 0.291 e. The zero-order valence-electron chi connectivity index (χ0n) is 9.08. The number of benzene rings is 1. The fraction of sp³-hybridized carbons (Fsp3) is 0.143. The highest BCUT2D eigenvalue weighted by molar-refractivity contribution is 5.76. The molecule has 0 saturated carbocycles. The predicted octanol–water partition coefficient (Wildman–Crippen LogP) is 2.74. The van der Waals surface area contributed by atoms with Gasteiger partial charge >= 0.3 is 0 Å². The summed E-state index contributed by atoms with van der Waals surface area (Å²) in [7, 11) is 0. The van der Waals surface area contributed by atoms with E-state index in [9.17, 15) is 0 Å². The van der Waals surface area contributed by atoms with Crippen LogP contribution in [0.1, 0.15) is 11.3 Å². The van der Waals surface area contributed by atoms with E-state index >= 15 is 0 Å². The highest BCUT2D eigenvalue weighted by atomic mass is 14.7.